The Morgan fingerprint density at radius 2 is 1.59 bits per heavy atom. The van der Waals surface area contributed by atoms with E-state index in [9.17, 15) is 13.2 Å². The molecule has 0 bridgehead atoms. The molecular formula is C22H32F3NO. The van der Waals surface area contributed by atoms with Gasteiger partial charge in [-0.15, -0.1) is 13.2 Å². The lowest BCUT2D eigenvalue weighted by Gasteiger charge is -2.38. The summed E-state index contributed by atoms with van der Waals surface area (Å²) in [6, 6.07) is 3.09. The van der Waals surface area contributed by atoms with Crippen molar-refractivity contribution < 1.29 is 17.9 Å². The van der Waals surface area contributed by atoms with E-state index in [-0.39, 0.29) is 5.88 Å². The molecule has 2 aliphatic carbocycles. The van der Waals surface area contributed by atoms with Gasteiger partial charge in [-0.2, -0.15) is 0 Å². The van der Waals surface area contributed by atoms with Crippen molar-refractivity contribution in [3.63, 3.8) is 0 Å². The Labute approximate surface area is 160 Å². The van der Waals surface area contributed by atoms with Crippen LogP contribution in [0.5, 0.6) is 5.88 Å². The first-order valence-electron chi connectivity index (χ1n) is 10.7. The van der Waals surface area contributed by atoms with Gasteiger partial charge in [0, 0.05) is 12.3 Å². The van der Waals surface area contributed by atoms with Gasteiger partial charge in [-0.05, 0) is 67.8 Å². The van der Waals surface area contributed by atoms with E-state index in [0.29, 0.717) is 5.92 Å². The summed E-state index contributed by atoms with van der Waals surface area (Å²) in [5.41, 5.74) is 1.05. The molecule has 3 rings (SSSR count). The fourth-order valence-corrected chi connectivity index (χ4v) is 5.18. The van der Waals surface area contributed by atoms with Crippen molar-refractivity contribution in [2.45, 2.75) is 89.8 Å². The predicted molar refractivity (Wildman–Crippen MR) is 101 cm³/mol. The normalized spacial score (nSPS) is 29.5. The molecule has 152 valence electrons. The molecule has 0 atom stereocenters. The van der Waals surface area contributed by atoms with Crippen LogP contribution in [0.15, 0.2) is 18.3 Å². The second-order valence-corrected chi connectivity index (χ2v) is 8.51. The van der Waals surface area contributed by atoms with Gasteiger partial charge in [0.2, 0.25) is 5.88 Å². The Bertz CT molecular complexity index is 556. The van der Waals surface area contributed by atoms with Crippen LogP contribution in [0.3, 0.4) is 0 Å². The van der Waals surface area contributed by atoms with Crippen LogP contribution in [0.1, 0.15) is 89.0 Å². The standard InChI is InChI=1S/C22H32F3NO/c1-2-3-4-16-5-7-17(8-6-16)18-9-11-19(12-10-18)20-13-14-21(26-15-20)27-22(23,24)25/h13-19H,2-12H2,1H3/t16-,17-,18?,19?. The van der Waals surface area contributed by atoms with Gasteiger partial charge >= 0.3 is 6.36 Å². The van der Waals surface area contributed by atoms with Crippen molar-refractivity contribution in [1.29, 1.82) is 0 Å². The molecule has 2 saturated carbocycles. The highest BCUT2D eigenvalue weighted by Crippen LogP contribution is 2.44. The van der Waals surface area contributed by atoms with Crippen LogP contribution in [0.2, 0.25) is 0 Å². The van der Waals surface area contributed by atoms with Gasteiger partial charge in [0.15, 0.2) is 0 Å². The van der Waals surface area contributed by atoms with Crippen LogP contribution < -0.4 is 4.74 Å². The molecule has 0 unspecified atom stereocenters. The van der Waals surface area contributed by atoms with Crippen LogP contribution >= 0.6 is 0 Å². The fraction of sp³-hybridized carbons (Fsp3) is 0.773. The molecule has 1 heterocycles. The molecule has 5 heteroatoms. The van der Waals surface area contributed by atoms with E-state index in [1.54, 1.807) is 12.3 Å². The number of hydrogen-bond acceptors (Lipinski definition) is 2. The fourth-order valence-electron chi connectivity index (χ4n) is 5.18. The maximum Gasteiger partial charge on any atom is 0.574 e. The van der Waals surface area contributed by atoms with E-state index >= 15 is 0 Å². The van der Waals surface area contributed by atoms with Crippen molar-refractivity contribution in [2.24, 2.45) is 17.8 Å². The Balaban J connectivity index is 1.44. The number of alkyl halides is 3. The third-order valence-corrected chi connectivity index (χ3v) is 6.75. The number of rotatable bonds is 6. The summed E-state index contributed by atoms with van der Waals surface area (Å²) >= 11 is 0. The highest BCUT2D eigenvalue weighted by Gasteiger charge is 2.33. The predicted octanol–water partition coefficient (Wildman–Crippen LogP) is 7.25. The minimum Gasteiger partial charge on any atom is -0.388 e. The van der Waals surface area contributed by atoms with E-state index < -0.39 is 6.36 Å². The number of nitrogens with zero attached hydrogens (tertiary/aromatic N) is 1. The van der Waals surface area contributed by atoms with Gasteiger partial charge in [-0.3, -0.25) is 0 Å². The van der Waals surface area contributed by atoms with Crippen LogP contribution in [-0.2, 0) is 0 Å². The first-order chi connectivity index (χ1) is 12.9. The summed E-state index contributed by atoms with van der Waals surface area (Å²) in [5, 5.41) is 0. The lowest BCUT2D eigenvalue weighted by molar-refractivity contribution is -0.276. The van der Waals surface area contributed by atoms with Gasteiger partial charge in [0.25, 0.3) is 0 Å². The number of unbranched alkanes of at least 4 members (excludes halogenated alkanes) is 1. The van der Waals surface area contributed by atoms with Crippen LogP contribution in [-0.4, -0.2) is 11.3 Å². The summed E-state index contributed by atoms with van der Waals surface area (Å²) in [6.07, 6.45) is 11.3. The van der Waals surface area contributed by atoms with E-state index in [0.717, 1.165) is 36.2 Å². The maximum atomic E-state index is 12.2. The highest BCUT2D eigenvalue weighted by molar-refractivity contribution is 5.22. The quantitative estimate of drug-likeness (QED) is 0.516. The van der Waals surface area contributed by atoms with Crippen molar-refractivity contribution in [1.82, 2.24) is 4.98 Å². The smallest absolute Gasteiger partial charge is 0.388 e. The number of halogens is 3. The van der Waals surface area contributed by atoms with Crippen molar-refractivity contribution in [2.75, 3.05) is 0 Å². The topological polar surface area (TPSA) is 22.1 Å². The second kappa shape index (κ2) is 9.29. The minimum absolute atomic E-state index is 0.375. The van der Waals surface area contributed by atoms with Gasteiger partial charge < -0.3 is 4.74 Å². The monoisotopic (exact) mass is 383 g/mol. The van der Waals surface area contributed by atoms with Crippen molar-refractivity contribution in [3.05, 3.63) is 23.9 Å². The molecule has 27 heavy (non-hydrogen) atoms. The molecule has 0 N–H and O–H groups in total. The number of ether oxygens (including phenoxy) is 1. The summed E-state index contributed by atoms with van der Waals surface area (Å²) in [5.74, 6) is 2.74. The lowest BCUT2D eigenvalue weighted by Crippen LogP contribution is -2.25. The van der Waals surface area contributed by atoms with E-state index in [2.05, 4.69) is 16.6 Å². The molecule has 2 fully saturated rings. The van der Waals surface area contributed by atoms with Crippen LogP contribution in [0.25, 0.3) is 0 Å². The Morgan fingerprint density at radius 3 is 2.11 bits per heavy atom. The number of hydrogen-bond donors (Lipinski definition) is 0. The molecule has 0 amide bonds. The Kier molecular flexibility index (Phi) is 7.04. The SMILES string of the molecule is CCCC[C@H]1CC[C@H](C2CCC(c3ccc(OC(F)(F)F)nc3)CC2)CC1. The molecule has 0 saturated heterocycles. The third kappa shape index (κ3) is 6.11. The molecule has 1 aromatic heterocycles. The first kappa shape index (κ1) is 20.5. The lowest BCUT2D eigenvalue weighted by atomic mass is 9.68. The minimum atomic E-state index is -4.68. The van der Waals surface area contributed by atoms with Crippen molar-refractivity contribution in [3.8, 4) is 5.88 Å². The zero-order valence-corrected chi connectivity index (χ0v) is 16.3. The summed E-state index contributed by atoms with van der Waals surface area (Å²) in [6.45, 7) is 2.27. The maximum absolute atomic E-state index is 12.2. The molecule has 0 radical (unpaired) electrons. The van der Waals surface area contributed by atoms with Crippen LogP contribution in [0, 0.1) is 17.8 Å². The molecule has 2 nitrogen and oxygen atoms in total. The summed E-state index contributed by atoms with van der Waals surface area (Å²) in [7, 11) is 0. The number of pyridine rings is 1. The van der Waals surface area contributed by atoms with Crippen molar-refractivity contribution >= 4 is 0 Å². The third-order valence-electron chi connectivity index (χ3n) is 6.75. The highest BCUT2D eigenvalue weighted by atomic mass is 19.4. The molecule has 0 spiro atoms. The Morgan fingerprint density at radius 1 is 0.963 bits per heavy atom. The molecular weight excluding hydrogens is 351 g/mol. The molecule has 0 aliphatic heterocycles. The molecule has 1 aromatic rings. The first-order valence-corrected chi connectivity index (χ1v) is 10.7. The summed E-state index contributed by atoms with van der Waals surface area (Å²) < 4.78 is 40.6. The van der Waals surface area contributed by atoms with Gasteiger partial charge in [0.1, 0.15) is 0 Å². The van der Waals surface area contributed by atoms with E-state index in [1.165, 1.54) is 63.9 Å². The Hall–Kier alpha value is -1.26. The zero-order chi connectivity index (χ0) is 19.3. The average Bonchev–Trinajstić information content (AvgIpc) is 2.66. The largest absolute Gasteiger partial charge is 0.574 e. The molecule has 0 aromatic carbocycles. The van der Waals surface area contributed by atoms with Gasteiger partial charge in [0.05, 0.1) is 0 Å². The van der Waals surface area contributed by atoms with Gasteiger partial charge in [-0.1, -0.05) is 45.1 Å². The molecule has 2 aliphatic rings. The zero-order valence-electron chi connectivity index (χ0n) is 16.3. The van der Waals surface area contributed by atoms with E-state index in [4.69, 9.17) is 0 Å². The number of aromatic nitrogens is 1. The second-order valence-electron chi connectivity index (χ2n) is 8.51. The average molecular weight is 383 g/mol. The van der Waals surface area contributed by atoms with Gasteiger partial charge in [-0.25, -0.2) is 4.98 Å². The van der Waals surface area contributed by atoms with E-state index in [1.807, 2.05) is 0 Å². The van der Waals surface area contributed by atoms with Crippen LogP contribution in [0.4, 0.5) is 13.2 Å². The summed E-state index contributed by atoms with van der Waals surface area (Å²) in [4.78, 5) is 3.84.